The molecule has 8 heteroatoms. The molecule has 0 spiro atoms. The van der Waals surface area contributed by atoms with Crippen molar-refractivity contribution in [3.05, 3.63) is 40.0 Å². The molecule has 0 bridgehead atoms. The van der Waals surface area contributed by atoms with Crippen molar-refractivity contribution in [2.24, 2.45) is 7.05 Å². The van der Waals surface area contributed by atoms with Crippen LogP contribution in [0.5, 0.6) is 0 Å². The van der Waals surface area contributed by atoms with Gasteiger partial charge in [0, 0.05) is 37.8 Å². The van der Waals surface area contributed by atoms with Gasteiger partial charge in [-0.25, -0.2) is 9.78 Å². The third kappa shape index (κ3) is 2.65. The molecule has 0 unspecified atom stereocenters. The second-order valence-electron chi connectivity index (χ2n) is 5.39. The van der Waals surface area contributed by atoms with E-state index in [1.165, 1.54) is 20.1 Å². The summed E-state index contributed by atoms with van der Waals surface area (Å²) in [6, 6.07) is 4.81. The van der Waals surface area contributed by atoms with Gasteiger partial charge in [-0.3, -0.25) is 13.9 Å². The Balaban J connectivity index is 2.17. The van der Waals surface area contributed by atoms with E-state index in [2.05, 4.69) is 4.98 Å². The first-order valence-electron chi connectivity index (χ1n) is 6.89. The first kappa shape index (κ1) is 15.4. The molecule has 6 nitrogen and oxygen atoms in total. The van der Waals surface area contributed by atoms with E-state index in [4.69, 9.17) is 0 Å². The predicted molar refractivity (Wildman–Crippen MR) is 86.9 cm³/mol. The molecular formula is C15H15FN4O2S. The van der Waals surface area contributed by atoms with Gasteiger partial charge in [0.1, 0.15) is 6.54 Å². The Morgan fingerprint density at radius 3 is 2.74 bits per heavy atom. The summed E-state index contributed by atoms with van der Waals surface area (Å²) in [5.41, 5.74) is 1.45. The number of halogens is 1. The minimum absolute atomic E-state index is 0.0624. The maximum atomic E-state index is 13.2. The van der Waals surface area contributed by atoms with Crippen molar-refractivity contribution in [2.75, 3.05) is 14.1 Å². The maximum Gasteiger partial charge on any atom is 0.330 e. The number of carbonyl (C=O) groups is 1. The van der Waals surface area contributed by atoms with Gasteiger partial charge in [0.05, 0.1) is 5.52 Å². The lowest BCUT2D eigenvalue weighted by Gasteiger charge is -2.10. The van der Waals surface area contributed by atoms with Gasteiger partial charge in [0.2, 0.25) is 5.91 Å². The summed E-state index contributed by atoms with van der Waals surface area (Å²) in [5.74, 6) is -0.188. The van der Waals surface area contributed by atoms with Crippen LogP contribution < -0.4 is 5.69 Å². The largest absolute Gasteiger partial charge is 0.347 e. The molecule has 0 saturated carbocycles. The number of aryl methyl sites for hydroxylation is 1. The Hall–Kier alpha value is -2.48. The molecule has 0 saturated heterocycles. The van der Waals surface area contributed by atoms with Crippen molar-refractivity contribution < 1.29 is 9.18 Å². The number of thiophene rings is 1. The highest BCUT2D eigenvalue weighted by molar-refractivity contribution is 7.13. The Labute approximate surface area is 135 Å². The van der Waals surface area contributed by atoms with Crippen molar-refractivity contribution in [2.45, 2.75) is 6.54 Å². The van der Waals surface area contributed by atoms with Crippen LogP contribution in [0, 0.1) is 5.13 Å². The second-order valence-corrected chi connectivity index (χ2v) is 6.42. The van der Waals surface area contributed by atoms with Crippen LogP contribution in [0.25, 0.3) is 21.6 Å². The standard InChI is InChI=1S/C15H15FN4O2S/c1-18(2)13(21)8-20-10-6-9(11-4-5-12(16)23-11)7-17-14(10)19(3)15(20)22/h4-7H,8H2,1-3H3. The predicted octanol–water partition coefficient (Wildman–Crippen LogP) is 1.69. The molecule has 3 aromatic rings. The third-order valence-corrected chi connectivity index (χ3v) is 4.55. The molecule has 3 heterocycles. The van der Waals surface area contributed by atoms with Gasteiger partial charge < -0.3 is 4.90 Å². The summed E-state index contributed by atoms with van der Waals surface area (Å²) in [4.78, 5) is 30.8. The second kappa shape index (κ2) is 5.62. The van der Waals surface area contributed by atoms with E-state index in [1.807, 2.05) is 0 Å². The van der Waals surface area contributed by atoms with Crippen LogP contribution in [-0.2, 0) is 18.4 Å². The summed E-state index contributed by atoms with van der Waals surface area (Å²) in [7, 11) is 4.88. The van der Waals surface area contributed by atoms with Gasteiger partial charge in [-0.1, -0.05) is 0 Å². The van der Waals surface area contributed by atoms with Crippen molar-refractivity contribution in [3.8, 4) is 10.4 Å². The molecule has 3 rings (SSSR count). The number of amides is 1. The zero-order chi connectivity index (χ0) is 16.7. The number of likely N-dealkylation sites (N-methyl/N-ethyl adjacent to an activating group) is 1. The van der Waals surface area contributed by atoms with E-state index in [-0.39, 0.29) is 23.3 Å². The quantitative estimate of drug-likeness (QED) is 0.732. The van der Waals surface area contributed by atoms with Crippen molar-refractivity contribution in [1.82, 2.24) is 19.0 Å². The average molecular weight is 334 g/mol. The molecule has 0 aromatic carbocycles. The SMILES string of the molecule is CN(C)C(=O)Cn1c(=O)n(C)c2ncc(-c3ccc(F)s3)cc21. The fraction of sp³-hybridized carbons (Fsp3) is 0.267. The number of nitrogens with zero attached hydrogens (tertiary/aromatic N) is 4. The van der Waals surface area contributed by atoms with Crippen LogP contribution in [0.15, 0.2) is 29.2 Å². The molecule has 23 heavy (non-hydrogen) atoms. The number of pyridine rings is 1. The van der Waals surface area contributed by atoms with Gasteiger partial charge >= 0.3 is 5.69 Å². The zero-order valence-electron chi connectivity index (χ0n) is 12.9. The molecule has 0 aliphatic heterocycles. The zero-order valence-corrected chi connectivity index (χ0v) is 13.7. The number of aromatic nitrogens is 3. The Morgan fingerprint density at radius 1 is 1.39 bits per heavy atom. The molecule has 0 fully saturated rings. The number of hydrogen-bond donors (Lipinski definition) is 0. The van der Waals surface area contributed by atoms with E-state index in [0.717, 1.165) is 16.2 Å². The van der Waals surface area contributed by atoms with Gasteiger partial charge in [-0.05, 0) is 18.2 Å². The normalized spacial score (nSPS) is 11.1. The van der Waals surface area contributed by atoms with Crippen LogP contribution in [0.2, 0.25) is 0 Å². The Bertz CT molecular complexity index is 954. The summed E-state index contributed by atoms with van der Waals surface area (Å²) in [6.45, 7) is -0.0624. The third-order valence-electron chi connectivity index (χ3n) is 3.62. The average Bonchev–Trinajstić information content (AvgIpc) is 3.05. The molecule has 0 atom stereocenters. The van der Waals surface area contributed by atoms with E-state index in [9.17, 15) is 14.0 Å². The number of carbonyl (C=O) groups excluding carboxylic acids is 1. The highest BCUT2D eigenvalue weighted by atomic mass is 32.1. The van der Waals surface area contributed by atoms with Crippen molar-refractivity contribution >= 4 is 28.4 Å². The van der Waals surface area contributed by atoms with Gasteiger partial charge in [-0.15, -0.1) is 11.3 Å². The van der Waals surface area contributed by atoms with Crippen molar-refractivity contribution in [1.29, 1.82) is 0 Å². The fourth-order valence-corrected chi connectivity index (χ4v) is 3.02. The van der Waals surface area contributed by atoms with Crippen LogP contribution in [0.4, 0.5) is 4.39 Å². The van der Waals surface area contributed by atoms with Crippen LogP contribution in [0.1, 0.15) is 0 Å². The monoisotopic (exact) mass is 334 g/mol. The Morgan fingerprint density at radius 2 is 2.13 bits per heavy atom. The van der Waals surface area contributed by atoms with E-state index < -0.39 is 0 Å². The summed E-state index contributed by atoms with van der Waals surface area (Å²) < 4.78 is 16.0. The minimum Gasteiger partial charge on any atom is -0.347 e. The number of hydrogen-bond acceptors (Lipinski definition) is 4. The summed E-state index contributed by atoms with van der Waals surface area (Å²) in [5, 5.41) is -0.284. The van der Waals surface area contributed by atoms with Gasteiger partial charge in [0.25, 0.3) is 0 Å². The lowest BCUT2D eigenvalue weighted by molar-refractivity contribution is -0.129. The lowest BCUT2D eigenvalue weighted by atomic mass is 10.2. The summed E-state index contributed by atoms with van der Waals surface area (Å²) >= 11 is 1.01. The topological polar surface area (TPSA) is 60.1 Å². The number of imidazole rings is 1. The fourth-order valence-electron chi connectivity index (χ4n) is 2.31. The van der Waals surface area contributed by atoms with Gasteiger partial charge in [0.15, 0.2) is 10.8 Å². The molecule has 0 aliphatic rings. The smallest absolute Gasteiger partial charge is 0.330 e. The van der Waals surface area contributed by atoms with E-state index >= 15 is 0 Å². The maximum absolute atomic E-state index is 13.2. The molecule has 0 aliphatic carbocycles. The van der Waals surface area contributed by atoms with Crippen LogP contribution >= 0.6 is 11.3 Å². The summed E-state index contributed by atoms with van der Waals surface area (Å²) in [6.07, 6.45) is 1.60. The first-order chi connectivity index (χ1) is 10.9. The highest BCUT2D eigenvalue weighted by Gasteiger charge is 2.16. The molecule has 0 N–H and O–H groups in total. The lowest BCUT2D eigenvalue weighted by Crippen LogP contribution is -2.31. The van der Waals surface area contributed by atoms with Crippen LogP contribution in [0.3, 0.4) is 0 Å². The highest BCUT2D eigenvalue weighted by Crippen LogP contribution is 2.28. The minimum atomic E-state index is -0.308. The first-order valence-corrected chi connectivity index (χ1v) is 7.71. The molecule has 1 amide bonds. The number of rotatable bonds is 3. The van der Waals surface area contributed by atoms with Gasteiger partial charge in [-0.2, -0.15) is 4.39 Å². The van der Waals surface area contributed by atoms with Crippen molar-refractivity contribution in [3.63, 3.8) is 0 Å². The van der Waals surface area contributed by atoms with E-state index in [1.54, 1.807) is 39.5 Å². The number of fused-ring (bicyclic) bond motifs is 1. The molecule has 3 aromatic heterocycles. The molecule has 0 radical (unpaired) electrons. The van der Waals surface area contributed by atoms with E-state index in [0.29, 0.717) is 16.7 Å². The molecule has 120 valence electrons. The van der Waals surface area contributed by atoms with Crippen LogP contribution in [-0.4, -0.2) is 39.0 Å². The molecular weight excluding hydrogens is 319 g/mol. The Kier molecular flexibility index (Phi) is 3.77.